The van der Waals surface area contributed by atoms with Crippen LogP contribution in [0, 0.1) is 26.6 Å². The first kappa shape index (κ1) is 34.8. The zero-order chi connectivity index (χ0) is 34.3. The van der Waals surface area contributed by atoms with Crippen LogP contribution in [-0.4, -0.2) is 43.8 Å². The normalized spacial score (nSPS) is 14.2. The van der Waals surface area contributed by atoms with Gasteiger partial charge in [-0.15, -0.1) is 0 Å². The number of carbonyl (C=O) groups excluding carboxylic acids is 2. The number of hydrogen-bond donors (Lipinski definition) is 1. The molecule has 7 nitrogen and oxygen atoms in total. The number of sulfonamides is 1. The van der Waals surface area contributed by atoms with E-state index in [2.05, 4.69) is 5.32 Å². The Labute approximate surface area is 283 Å². The van der Waals surface area contributed by atoms with Crippen LogP contribution in [0.25, 0.3) is 0 Å². The first-order valence-electron chi connectivity index (χ1n) is 16.6. The van der Waals surface area contributed by atoms with Crippen molar-refractivity contribution in [2.45, 2.75) is 82.8 Å². The second kappa shape index (κ2) is 15.6. The van der Waals surface area contributed by atoms with Crippen LogP contribution in [0.4, 0.5) is 10.1 Å². The highest BCUT2D eigenvalue weighted by Crippen LogP contribution is 2.29. The number of anilines is 1. The summed E-state index contributed by atoms with van der Waals surface area (Å²) in [4.78, 5) is 30.3. The lowest BCUT2D eigenvalue weighted by atomic mass is 9.94. The number of hydrogen-bond acceptors (Lipinski definition) is 4. The zero-order valence-corrected chi connectivity index (χ0v) is 28.7. The lowest BCUT2D eigenvalue weighted by Gasteiger charge is -2.35. The lowest BCUT2D eigenvalue weighted by Crippen LogP contribution is -2.55. The number of carbonyl (C=O) groups is 2. The van der Waals surface area contributed by atoms with Gasteiger partial charge in [0.1, 0.15) is 18.4 Å². The highest BCUT2D eigenvalue weighted by molar-refractivity contribution is 7.92. The molecule has 0 radical (unpaired) electrons. The van der Waals surface area contributed by atoms with Crippen LogP contribution >= 0.6 is 0 Å². The summed E-state index contributed by atoms with van der Waals surface area (Å²) in [5.41, 5.74) is 3.92. The molecule has 0 aliphatic heterocycles. The molecule has 0 aromatic heterocycles. The SMILES string of the molecule is Cc1ccc(S(=O)(=O)N(CC(=O)N(Cc2ccccc2F)[C@H](Cc2ccccc2)C(=O)NC2CCCCC2)c2ccc(C)cc2C)cc1. The molecule has 1 aliphatic rings. The summed E-state index contributed by atoms with van der Waals surface area (Å²) in [6.45, 7) is 4.78. The second-order valence-corrected chi connectivity index (χ2v) is 14.6. The minimum absolute atomic E-state index is 0.0245. The number of benzene rings is 4. The van der Waals surface area contributed by atoms with E-state index in [1.807, 2.05) is 50.2 Å². The van der Waals surface area contributed by atoms with Crippen molar-refractivity contribution in [1.29, 1.82) is 0 Å². The Balaban J connectivity index is 1.59. The first-order valence-corrected chi connectivity index (χ1v) is 18.0. The van der Waals surface area contributed by atoms with Crippen molar-refractivity contribution in [2.75, 3.05) is 10.8 Å². The molecule has 4 aromatic rings. The maximum atomic E-state index is 15.2. The topological polar surface area (TPSA) is 86.8 Å². The summed E-state index contributed by atoms with van der Waals surface area (Å²) in [7, 11) is -4.23. The molecule has 252 valence electrons. The molecule has 48 heavy (non-hydrogen) atoms. The van der Waals surface area contributed by atoms with E-state index in [9.17, 15) is 18.0 Å². The summed E-state index contributed by atoms with van der Waals surface area (Å²) < 4.78 is 45.0. The van der Waals surface area contributed by atoms with E-state index in [-0.39, 0.29) is 35.4 Å². The molecule has 4 aromatic carbocycles. The lowest BCUT2D eigenvalue weighted by molar-refractivity contribution is -0.140. The summed E-state index contributed by atoms with van der Waals surface area (Å²) >= 11 is 0. The van der Waals surface area contributed by atoms with Crippen molar-refractivity contribution < 1.29 is 22.4 Å². The fourth-order valence-electron chi connectivity index (χ4n) is 6.34. The van der Waals surface area contributed by atoms with Gasteiger partial charge in [-0.1, -0.05) is 103 Å². The monoisotopic (exact) mass is 669 g/mol. The fraction of sp³-hybridized carbons (Fsp3) is 0.333. The van der Waals surface area contributed by atoms with Crippen molar-refractivity contribution in [3.63, 3.8) is 0 Å². The van der Waals surface area contributed by atoms with E-state index in [0.29, 0.717) is 11.3 Å². The molecule has 0 saturated heterocycles. The molecule has 1 atom stereocenters. The smallest absolute Gasteiger partial charge is 0.264 e. The van der Waals surface area contributed by atoms with Gasteiger partial charge in [-0.2, -0.15) is 0 Å². The van der Waals surface area contributed by atoms with Gasteiger partial charge in [-0.3, -0.25) is 13.9 Å². The average molecular weight is 670 g/mol. The third-order valence-electron chi connectivity index (χ3n) is 9.03. The molecule has 9 heteroatoms. The first-order chi connectivity index (χ1) is 23.0. The molecular formula is C39H44FN3O4S. The second-order valence-electron chi connectivity index (χ2n) is 12.8. The minimum atomic E-state index is -4.23. The average Bonchev–Trinajstić information content (AvgIpc) is 3.07. The maximum Gasteiger partial charge on any atom is 0.264 e. The fourth-order valence-corrected chi connectivity index (χ4v) is 7.82. The number of halogens is 1. The number of amides is 2. The quantitative estimate of drug-likeness (QED) is 0.176. The van der Waals surface area contributed by atoms with E-state index in [1.165, 1.54) is 23.1 Å². The van der Waals surface area contributed by atoms with Crippen LogP contribution in [0.5, 0.6) is 0 Å². The van der Waals surface area contributed by atoms with Crippen LogP contribution in [-0.2, 0) is 32.6 Å². The molecule has 0 unspecified atom stereocenters. The van der Waals surface area contributed by atoms with E-state index in [4.69, 9.17) is 0 Å². The van der Waals surface area contributed by atoms with E-state index >= 15 is 4.39 Å². The molecule has 5 rings (SSSR count). The molecule has 1 fully saturated rings. The Kier molecular flexibility index (Phi) is 11.3. The predicted octanol–water partition coefficient (Wildman–Crippen LogP) is 7.04. The van der Waals surface area contributed by atoms with E-state index in [1.54, 1.807) is 49.4 Å². The van der Waals surface area contributed by atoms with Gasteiger partial charge in [0.05, 0.1) is 10.6 Å². The van der Waals surface area contributed by atoms with Gasteiger partial charge in [0, 0.05) is 24.6 Å². The summed E-state index contributed by atoms with van der Waals surface area (Å²) in [5, 5.41) is 3.18. The largest absolute Gasteiger partial charge is 0.352 e. The van der Waals surface area contributed by atoms with Gasteiger partial charge in [0.2, 0.25) is 11.8 Å². The van der Waals surface area contributed by atoms with Crippen LogP contribution in [0.3, 0.4) is 0 Å². The molecule has 0 spiro atoms. The van der Waals surface area contributed by atoms with Crippen LogP contribution in [0.1, 0.15) is 59.9 Å². The van der Waals surface area contributed by atoms with Crippen LogP contribution in [0.2, 0.25) is 0 Å². The predicted molar refractivity (Wildman–Crippen MR) is 188 cm³/mol. The molecule has 0 heterocycles. The zero-order valence-electron chi connectivity index (χ0n) is 27.9. The third kappa shape index (κ3) is 8.50. The molecule has 1 N–H and O–H groups in total. The van der Waals surface area contributed by atoms with Crippen LogP contribution < -0.4 is 9.62 Å². The number of aryl methyl sites for hydroxylation is 3. The van der Waals surface area contributed by atoms with E-state index in [0.717, 1.165) is 53.1 Å². The Morgan fingerprint density at radius 2 is 1.48 bits per heavy atom. The van der Waals surface area contributed by atoms with Gasteiger partial charge >= 0.3 is 0 Å². The molecule has 1 aliphatic carbocycles. The third-order valence-corrected chi connectivity index (χ3v) is 10.8. The molecule has 0 bridgehead atoms. The van der Waals surface area contributed by atoms with Crippen molar-refractivity contribution in [3.05, 3.63) is 131 Å². The van der Waals surface area contributed by atoms with Crippen molar-refractivity contribution in [1.82, 2.24) is 10.2 Å². The van der Waals surface area contributed by atoms with Gasteiger partial charge in [0.25, 0.3) is 10.0 Å². The summed E-state index contributed by atoms with van der Waals surface area (Å²) in [5.74, 6) is -1.47. The highest BCUT2D eigenvalue weighted by atomic mass is 32.2. The van der Waals surface area contributed by atoms with Crippen molar-refractivity contribution in [2.24, 2.45) is 0 Å². The van der Waals surface area contributed by atoms with Gasteiger partial charge in [0.15, 0.2) is 0 Å². The van der Waals surface area contributed by atoms with Gasteiger partial charge in [-0.25, -0.2) is 12.8 Å². The Bertz CT molecular complexity index is 1820. The van der Waals surface area contributed by atoms with Crippen LogP contribution in [0.15, 0.2) is 102 Å². The number of nitrogens with one attached hydrogen (secondary N) is 1. The molecular weight excluding hydrogens is 626 g/mol. The van der Waals surface area contributed by atoms with Crippen molar-refractivity contribution in [3.8, 4) is 0 Å². The highest BCUT2D eigenvalue weighted by Gasteiger charge is 2.36. The maximum absolute atomic E-state index is 15.2. The summed E-state index contributed by atoms with van der Waals surface area (Å²) in [6.07, 6.45) is 5.00. The van der Waals surface area contributed by atoms with Gasteiger partial charge in [-0.05, 0) is 69.0 Å². The molecule has 2 amide bonds. The Morgan fingerprint density at radius 1 is 0.833 bits per heavy atom. The number of nitrogens with zero attached hydrogens (tertiary/aromatic N) is 2. The Hall–Kier alpha value is -4.50. The summed E-state index contributed by atoms with van der Waals surface area (Å²) in [6, 6.07) is 26.3. The van der Waals surface area contributed by atoms with Gasteiger partial charge < -0.3 is 10.2 Å². The van der Waals surface area contributed by atoms with E-state index < -0.39 is 34.3 Å². The Morgan fingerprint density at radius 3 is 2.15 bits per heavy atom. The number of rotatable bonds is 12. The van der Waals surface area contributed by atoms with Crippen molar-refractivity contribution >= 4 is 27.5 Å². The standard InChI is InChI=1S/C39H44FN3O4S/c1-28-18-21-34(22-19-28)48(46,47)43(36-23-20-29(2)24-30(36)3)27-38(44)42(26-32-14-10-11-17-35(32)40)37(25-31-12-6-4-7-13-31)39(45)41-33-15-8-5-9-16-33/h4,6-7,10-14,17-24,33,37H,5,8-9,15-16,25-27H2,1-3H3,(H,41,45)/t37-/m1/s1. The molecule has 1 saturated carbocycles. The minimum Gasteiger partial charge on any atom is -0.352 e.